The molecule has 2 N–H and O–H groups in total. The van der Waals surface area contributed by atoms with Crippen molar-refractivity contribution in [3.8, 4) is 11.1 Å². The van der Waals surface area contributed by atoms with Crippen LogP contribution in [-0.4, -0.2) is 53.2 Å². The molecule has 3 rings (SSSR count). The Labute approximate surface area is 182 Å². The summed E-state index contributed by atoms with van der Waals surface area (Å²) in [6, 6.07) is 14.8. The molecule has 2 atom stereocenters. The van der Waals surface area contributed by atoms with E-state index in [0.29, 0.717) is 6.54 Å². The van der Waals surface area contributed by atoms with Gasteiger partial charge >= 0.3 is 12.1 Å². The normalized spacial score (nSPS) is 14.2. The lowest BCUT2D eigenvalue weighted by molar-refractivity contribution is -0.141. The van der Waals surface area contributed by atoms with Crippen LogP contribution >= 0.6 is 0 Å². The lowest BCUT2D eigenvalue weighted by Gasteiger charge is -2.29. The van der Waals surface area contributed by atoms with E-state index in [1.165, 1.54) is 4.90 Å². The first-order valence-electron chi connectivity index (χ1n) is 10.5. The summed E-state index contributed by atoms with van der Waals surface area (Å²) >= 11 is 0. The van der Waals surface area contributed by atoms with Crippen molar-refractivity contribution in [2.45, 2.75) is 45.2 Å². The molecule has 0 bridgehead atoms. The van der Waals surface area contributed by atoms with Gasteiger partial charge in [-0.3, -0.25) is 9.59 Å². The van der Waals surface area contributed by atoms with Gasteiger partial charge in [-0.05, 0) is 43.0 Å². The molecule has 0 heterocycles. The first-order valence-corrected chi connectivity index (χ1v) is 10.5. The van der Waals surface area contributed by atoms with Crippen LogP contribution in [0.2, 0.25) is 0 Å². The molecule has 0 aromatic heterocycles. The molecule has 0 aliphatic heterocycles. The second-order valence-corrected chi connectivity index (χ2v) is 7.76. The van der Waals surface area contributed by atoms with E-state index in [1.54, 1.807) is 20.8 Å². The van der Waals surface area contributed by atoms with Crippen molar-refractivity contribution in [3.05, 3.63) is 59.7 Å². The number of carbonyl (C=O) groups is 3. The molecular weight excluding hydrogens is 396 g/mol. The van der Waals surface area contributed by atoms with Crippen molar-refractivity contribution >= 4 is 18.0 Å². The number of hydrogen-bond acceptors (Lipinski definition) is 4. The number of amides is 2. The summed E-state index contributed by atoms with van der Waals surface area (Å²) < 4.78 is 5.48. The zero-order valence-electron chi connectivity index (χ0n) is 18.0. The van der Waals surface area contributed by atoms with Gasteiger partial charge in [-0.1, -0.05) is 48.5 Å². The summed E-state index contributed by atoms with van der Waals surface area (Å²) in [6.45, 7) is 5.53. The van der Waals surface area contributed by atoms with E-state index in [0.717, 1.165) is 22.3 Å². The summed E-state index contributed by atoms with van der Waals surface area (Å²) in [5, 5.41) is 11.6. The van der Waals surface area contributed by atoms with Crippen molar-refractivity contribution in [3.63, 3.8) is 0 Å². The molecule has 1 unspecified atom stereocenters. The van der Waals surface area contributed by atoms with Crippen molar-refractivity contribution in [1.29, 1.82) is 0 Å². The van der Waals surface area contributed by atoms with E-state index >= 15 is 0 Å². The summed E-state index contributed by atoms with van der Waals surface area (Å²) in [7, 11) is 0. The van der Waals surface area contributed by atoms with Crippen LogP contribution in [0.25, 0.3) is 11.1 Å². The fourth-order valence-corrected chi connectivity index (χ4v) is 4.17. The quantitative estimate of drug-likeness (QED) is 0.675. The third kappa shape index (κ3) is 4.87. The Balaban J connectivity index is 1.61. The van der Waals surface area contributed by atoms with Gasteiger partial charge in [-0.15, -0.1) is 0 Å². The molecule has 0 spiro atoms. The maximum absolute atomic E-state index is 12.7. The van der Waals surface area contributed by atoms with Crippen LogP contribution in [0.3, 0.4) is 0 Å². The minimum atomic E-state index is -0.976. The van der Waals surface area contributed by atoms with Crippen LogP contribution in [-0.2, 0) is 14.3 Å². The Morgan fingerprint density at radius 3 is 2.10 bits per heavy atom. The largest absolute Gasteiger partial charge is 0.481 e. The predicted molar refractivity (Wildman–Crippen MR) is 117 cm³/mol. The number of alkyl carbamates (subject to hydrolysis) is 1. The number of rotatable bonds is 8. The van der Waals surface area contributed by atoms with E-state index in [9.17, 15) is 14.4 Å². The first-order chi connectivity index (χ1) is 14.8. The lowest BCUT2D eigenvalue weighted by Crippen LogP contribution is -2.50. The summed E-state index contributed by atoms with van der Waals surface area (Å²) in [5.74, 6) is -1.38. The SMILES string of the molecule is CCN(C(=O)[C@H](C)NC(=O)OCC1c2ccccc2-c2ccccc21)C(C)CC(=O)O. The molecule has 164 valence electrons. The molecule has 0 radical (unpaired) electrons. The number of likely N-dealkylation sites (N-methyl/N-ethyl adjacent to an activating group) is 1. The Kier molecular flexibility index (Phi) is 6.95. The molecule has 7 nitrogen and oxygen atoms in total. The Morgan fingerprint density at radius 1 is 1.03 bits per heavy atom. The second kappa shape index (κ2) is 9.64. The topological polar surface area (TPSA) is 95.9 Å². The van der Waals surface area contributed by atoms with Gasteiger partial charge < -0.3 is 20.1 Å². The van der Waals surface area contributed by atoms with Crippen molar-refractivity contribution < 1.29 is 24.2 Å². The van der Waals surface area contributed by atoms with Crippen LogP contribution in [0.5, 0.6) is 0 Å². The molecule has 1 aliphatic carbocycles. The zero-order valence-corrected chi connectivity index (χ0v) is 18.0. The van der Waals surface area contributed by atoms with Crippen LogP contribution in [0.4, 0.5) is 4.79 Å². The number of carboxylic acids is 1. The molecule has 0 fully saturated rings. The number of ether oxygens (including phenoxy) is 1. The van der Waals surface area contributed by atoms with Crippen molar-refractivity contribution in [2.75, 3.05) is 13.2 Å². The summed E-state index contributed by atoms with van der Waals surface area (Å²) in [6.07, 6.45) is -0.832. The number of nitrogens with one attached hydrogen (secondary N) is 1. The monoisotopic (exact) mass is 424 g/mol. The third-order valence-corrected chi connectivity index (χ3v) is 5.67. The number of fused-ring (bicyclic) bond motifs is 3. The third-order valence-electron chi connectivity index (χ3n) is 5.67. The average molecular weight is 424 g/mol. The second-order valence-electron chi connectivity index (χ2n) is 7.76. The Bertz CT molecular complexity index is 928. The van der Waals surface area contributed by atoms with Gasteiger partial charge in [0.25, 0.3) is 0 Å². The van der Waals surface area contributed by atoms with Gasteiger partial charge in [0, 0.05) is 18.5 Å². The highest BCUT2D eigenvalue weighted by Gasteiger charge is 2.30. The van der Waals surface area contributed by atoms with Crippen LogP contribution in [0.15, 0.2) is 48.5 Å². The van der Waals surface area contributed by atoms with Gasteiger partial charge in [0.05, 0.1) is 6.42 Å². The smallest absolute Gasteiger partial charge is 0.407 e. The van der Waals surface area contributed by atoms with Crippen LogP contribution < -0.4 is 5.32 Å². The van der Waals surface area contributed by atoms with E-state index < -0.39 is 24.1 Å². The molecule has 7 heteroatoms. The minimum Gasteiger partial charge on any atom is -0.481 e. The molecule has 31 heavy (non-hydrogen) atoms. The lowest BCUT2D eigenvalue weighted by atomic mass is 9.98. The highest BCUT2D eigenvalue weighted by molar-refractivity contribution is 5.86. The molecule has 0 saturated heterocycles. The van der Waals surface area contributed by atoms with E-state index in [1.807, 2.05) is 36.4 Å². The fraction of sp³-hybridized carbons (Fsp3) is 0.375. The van der Waals surface area contributed by atoms with E-state index in [4.69, 9.17) is 9.84 Å². The van der Waals surface area contributed by atoms with Gasteiger partial charge in [-0.25, -0.2) is 4.79 Å². The highest BCUT2D eigenvalue weighted by atomic mass is 16.5. The maximum atomic E-state index is 12.7. The number of benzene rings is 2. The van der Waals surface area contributed by atoms with Gasteiger partial charge in [-0.2, -0.15) is 0 Å². The van der Waals surface area contributed by atoms with Crippen LogP contribution in [0, 0.1) is 0 Å². The van der Waals surface area contributed by atoms with Crippen molar-refractivity contribution in [2.24, 2.45) is 0 Å². The van der Waals surface area contributed by atoms with E-state index in [2.05, 4.69) is 17.4 Å². The Morgan fingerprint density at radius 2 is 1.58 bits per heavy atom. The molecular formula is C24H28N2O5. The standard InChI is InChI=1S/C24H28N2O5/c1-4-26(15(2)13-22(27)28)23(29)16(3)25-24(30)31-14-21-19-11-7-5-9-17(19)18-10-6-8-12-20(18)21/h5-12,15-16,21H,4,13-14H2,1-3H3,(H,25,30)(H,27,28)/t15?,16-/m0/s1. The number of aliphatic carboxylic acids is 1. The summed E-state index contributed by atoms with van der Waals surface area (Å²) in [4.78, 5) is 37.5. The Hall–Kier alpha value is -3.35. The molecule has 2 aromatic carbocycles. The molecule has 0 saturated carbocycles. The van der Waals surface area contributed by atoms with Gasteiger partial charge in [0.15, 0.2) is 0 Å². The van der Waals surface area contributed by atoms with Crippen LogP contribution in [0.1, 0.15) is 44.2 Å². The predicted octanol–water partition coefficient (Wildman–Crippen LogP) is 3.63. The van der Waals surface area contributed by atoms with Gasteiger partial charge in [0.2, 0.25) is 5.91 Å². The molecule has 2 amide bonds. The minimum absolute atomic E-state index is 0.0631. The van der Waals surface area contributed by atoms with E-state index in [-0.39, 0.29) is 24.9 Å². The molecule has 1 aliphatic rings. The maximum Gasteiger partial charge on any atom is 0.407 e. The zero-order chi connectivity index (χ0) is 22.5. The number of hydrogen-bond donors (Lipinski definition) is 2. The van der Waals surface area contributed by atoms with Gasteiger partial charge in [0.1, 0.15) is 12.6 Å². The summed E-state index contributed by atoms with van der Waals surface area (Å²) in [5.41, 5.74) is 4.50. The highest BCUT2D eigenvalue weighted by Crippen LogP contribution is 2.44. The molecule has 2 aromatic rings. The number of carboxylic acid groups (broad SMARTS) is 1. The first kappa shape index (κ1) is 22.3. The average Bonchev–Trinajstić information content (AvgIpc) is 3.06. The fourth-order valence-electron chi connectivity index (χ4n) is 4.17. The number of nitrogens with zero attached hydrogens (tertiary/aromatic N) is 1. The number of carbonyl (C=O) groups excluding carboxylic acids is 2. The van der Waals surface area contributed by atoms with Crippen molar-refractivity contribution in [1.82, 2.24) is 10.2 Å².